The zero-order valence-corrected chi connectivity index (χ0v) is 13.2. The Hall–Kier alpha value is -2.28. The van der Waals surface area contributed by atoms with Crippen molar-refractivity contribution in [1.29, 1.82) is 0 Å². The molecule has 0 fully saturated rings. The first kappa shape index (κ1) is 15.6. The molecule has 0 spiro atoms. The highest BCUT2D eigenvalue weighted by Gasteiger charge is 2.08. The fourth-order valence-corrected chi connectivity index (χ4v) is 3.23. The fourth-order valence-electron chi connectivity index (χ4n) is 2.26. The Morgan fingerprint density at radius 2 is 2.00 bits per heavy atom. The molecule has 0 unspecified atom stereocenters. The van der Waals surface area contributed by atoms with Gasteiger partial charge in [0, 0.05) is 6.54 Å². The van der Waals surface area contributed by atoms with E-state index in [0.29, 0.717) is 6.54 Å². The van der Waals surface area contributed by atoms with E-state index >= 15 is 0 Å². The van der Waals surface area contributed by atoms with Crippen molar-refractivity contribution in [3.05, 3.63) is 47.1 Å². The number of hydrogen-bond acceptors (Lipinski definition) is 5. The van der Waals surface area contributed by atoms with E-state index in [2.05, 4.69) is 25.4 Å². The summed E-state index contributed by atoms with van der Waals surface area (Å²) in [5.74, 6) is 0.994. The van der Waals surface area contributed by atoms with Crippen molar-refractivity contribution in [2.45, 2.75) is 20.0 Å². The monoisotopic (exact) mass is 335 g/mol. The predicted octanol–water partition coefficient (Wildman–Crippen LogP) is 4.26. The molecule has 1 aromatic carbocycles. The summed E-state index contributed by atoms with van der Waals surface area (Å²) >= 11 is 1.62. The molecule has 0 amide bonds. The second-order valence-electron chi connectivity index (χ2n) is 5.02. The highest BCUT2D eigenvalue weighted by molar-refractivity contribution is 7.18. The summed E-state index contributed by atoms with van der Waals surface area (Å²) in [6, 6.07) is 6.66. The van der Waals surface area contributed by atoms with Gasteiger partial charge in [-0.2, -0.15) is 8.78 Å². The van der Waals surface area contributed by atoms with Crippen LogP contribution in [0.5, 0.6) is 5.75 Å². The zero-order chi connectivity index (χ0) is 16.2. The maximum Gasteiger partial charge on any atom is 0.387 e. The van der Waals surface area contributed by atoms with Gasteiger partial charge in [0.25, 0.3) is 0 Å². The molecule has 3 aromatic rings. The minimum atomic E-state index is -2.79. The van der Waals surface area contributed by atoms with Crippen molar-refractivity contribution in [1.82, 2.24) is 9.97 Å². The molecular formula is C16H15F2N3OS. The Morgan fingerprint density at radius 1 is 1.22 bits per heavy atom. The smallest absolute Gasteiger partial charge is 0.387 e. The number of aryl methyl sites for hydroxylation is 1. The zero-order valence-electron chi connectivity index (χ0n) is 12.4. The molecule has 1 N–H and O–H groups in total. The Morgan fingerprint density at radius 3 is 2.74 bits per heavy atom. The van der Waals surface area contributed by atoms with Gasteiger partial charge in [-0.15, -0.1) is 11.3 Å². The molecule has 0 saturated carbocycles. The highest BCUT2D eigenvalue weighted by Crippen LogP contribution is 2.28. The molecule has 2 heterocycles. The molecule has 0 bridgehead atoms. The van der Waals surface area contributed by atoms with Crippen LogP contribution in [0, 0.1) is 6.92 Å². The summed E-state index contributed by atoms with van der Waals surface area (Å²) in [4.78, 5) is 8.57. The number of alkyl halides is 2. The number of hydrogen-bond donors (Lipinski definition) is 1. The van der Waals surface area contributed by atoms with Gasteiger partial charge in [-0.1, -0.05) is 12.1 Å². The topological polar surface area (TPSA) is 47.0 Å². The minimum absolute atomic E-state index is 0.170. The van der Waals surface area contributed by atoms with Crippen LogP contribution in [0.25, 0.3) is 10.2 Å². The number of thiophene rings is 1. The third-order valence-electron chi connectivity index (χ3n) is 3.39. The van der Waals surface area contributed by atoms with Crippen LogP contribution in [0.15, 0.2) is 36.0 Å². The van der Waals surface area contributed by atoms with E-state index in [0.717, 1.165) is 33.6 Å². The van der Waals surface area contributed by atoms with E-state index in [1.54, 1.807) is 41.9 Å². The van der Waals surface area contributed by atoms with Gasteiger partial charge >= 0.3 is 6.61 Å². The van der Waals surface area contributed by atoms with Gasteiger partial charge in [0.05, 0.1) is 10.2 Å². The van der Waals surface area contributed by atoms with Crippen molar-refractivity contribution in [2.24, 2.45) is 0 Å². The van der Waals surface area contributed by atoms with E-state index in [1.165, 1.54) is 0 Å². The number of aromatic nitrogens is 2. The Labute approximate surface area is 136 Å². The number of halogens is 2. The first-order valence-electron chi connectivity index (χ1n) is 7.10. The molecule has 0 saturated heterocycles. The molecular weight excluding hydrogens is 320 g/mol. The van der Waals surface area contributed by atoms with Crippen LogP contribution in [0.4, 0.5) is 14.6 Å². The molecule has 0 aliphatic carbocycles. The standard InChI is InChI=1S/C16H15F2N3OS/c1-10-8-23-14-13(10)20-9-21-15(14)19-7-6-11-2-4-12(5-3-11)22-16(17)18/h2-5,8-9,16H,6-7H2,1H3,(H,19,20,21). The molecule has 7 heteroatoms. The SMILES string of the molecule is Cc1csc2c(NCCc3ccc(OC(F)F)cc3)ncnc12. The van der Waals surface area contributed by atoms with E-state index < -0.39 is 6.61 Å². The maximum absolute atomic E-state index is 12.1. The summed E-state index contributed by atoms with van der Waals surface area (Å²) in [6.07, 6.45) is 2.31. The van der Waals surface area contributed by atoms with Crippen LogP contribution in [0.1, 0.15) is 11.1 Å². The Bertz CT molecular complexity index is 790. The fraction of sp³-hybridized carbons (Fsp3) is 0.250. The number of rotatable bonds is 6. The minimum Gasteiger partial charge on any atom is -0.435 e. The lowest BCUT2D eigenvalue weighted by Gasteiger charge is -2.08. The molecule has 120 valence electrons. The number of anilines is 1. The van der Waals surface area contributed by atoms with Crippen molar-refractivity contribution >= 4 is 27.4 Å². The van der Waals surface area contributed by atoms with Crippen molar-refractivity contribution < 1.29 is 13.5 Å². The van der Waals surface area contributed by atoms with Gasteiger partial charge in [-0.3, -0.25) is 0 Å². The van der Waals surface area contributed by atoms with Gasteiger partial charge in [-0.25, -0.2) is 9.97 Å². The average molecular weight is 335 g/mol. The Balaban J connectivity index is 1.60. The molecule has 0 radical (unpaired) electrons. The summed E-state index contributed by atoms with van der Waals surface area (Å²) in [5.41, 5.74) is 3.15. The molecule has 2 aromatic heterocycles. The lowest BCUT2D eigenvalue weighted by molar-refractivity contribution is -0.0498. The number of ether oxygens (including phenoxy) is 1. The second-order valence-corrected chi connectivity index (χ2v) is 5.90. The van der Waals surface area contributed by atoms with Crippen LogP contribution in [-0.4, -0.2) is 23.1 Å². The van der Waals surface area contributed by atoms with Crippen LogP contribution >= 0.6 is 11.3 Å². The van der Waals surface area contributed by atoms with Crippen molar-refractivity contribution in [3.63, 3.8) is 0 Å². The van der Waals surface area contributed by atoms with Crippen LogP contribution in [0.2, 0.25) is 0 Å². The molecule has 3 rings (SSSR count). The third-order valence-corrected chi connectivity index (χ3v) is 4.48. The van der Waals surface area contributed by atoms with E-state index in [4.69, 9.17) is 0 Å². The highest BCUT2D eigenvalue weighted by atomic mass is 32.1. The third kappa shape index (κ3) is 3.73. The molecule has 4 nitrogen and oxygen atoms in total. The predicted molar refractivity (Wildman–Crippen MR) is 87.4 cm³/mol. The molecule has 23 heavy (non-hydrogen) atoms. The van der Waals surface area contributed by atoms with Gasteiger partial charge in [0.15, 0.2) is 0 Å². The van der Waals surface area contributed by atoms with E-state index in [-0.39, 0.29) is 5.75 Å². The number of fused-ring (bicyclic) bond motifs is 1. The first-order chi connectivity index (χ1) is 11.1. The lowest BCUT2D eigenvalue weighted by Crippen LogP contribution is -2.07. The van der Waals surface area contributed by atoms with Crippen LogP contribution in [0.3, 0.4) is 0 Å². The average Bonchev–Trinajstić information content (AvgIpc) is 2.91. The van der Waals surface area contributed by atoms with Crippen molar-refractivity contribution in [2.75, 3.05) is 11.9 Å². The second kappa shape index (κ2) is 6.87. The molecule has 0 atom stereocenters. The summed E-state index contributed by atoms with van der Waals surface area (Å²) in [6.45, 7) is -0.0755. The van der Waals surface area contributed by atoms with Gasteiger partial charge in [-0.05, 0) is 42.0 Å². The Kier molecular flexibility index (Phi) is 4.66. The summed E-state index contributed by atoms with van der Waals surface area (Å²) < 4.78 is 29.6. The van der Waals surface area contributed by atoms with Crippen molar-refractivity contribution in [3.8, 4) is 5.75 Å². The largest absolute Gasteiger partial charge is 0.435 e. The quantitative estimate of drug-likeness (QED) is 0.731. The molecule has 0 aliphatic rings. The summed E-state index contributed by atoms with van der Waals surface area (Å²) in [5, 5.41) is 5.37. The number of benzene rings is 1. The van der Waals surface area contributed by atoms with Gasteiger partial charge in [0.2, 0.25) is 0 Å². The van der Waals surface area contributed by atoms with Gasteiger partial charge in [0.1, 0.15) is 17.9 Å². The van der Waals surface area contributed by atoms with E-state index in [1.807, 2.05) is 6.92 Å². The van der Waals surface area contributed by atoms with Crippen LogP contribution in [-0.2, 0) is 6.42 Å². The first-order valence-corrected chi connectivity index (χ1v) is 7.98. The van der Waals surface area contributed by atoms with Gasteiger partial charge < -0.3 is 10.1 Å². The lowest BCUT2D eigenvalue weighted by atomic mass is 10.1. The number of nitrogens with zero attached hydrogens (tertiary/aromatic N) is 2. The molecule has 0 aliphatic heterocycles. The number of nitrogens with one attached hydrogen (secondary N) is 1. The summed E-state index contributed by atoms with van der Waals surface area (Å²) in [7, 11) is 0. The van der Waals surface area contributed by atoms with E-state index in [9.17, 15) is 8.78 Å². The normalized spacial score (nSPS) is 11.1. The maximum atomic E-state index is 12.1. The van der Waals surface area contributed by atoms with Crippen LogP contribution < -0.4 is 10.1 Å².